The molecule has 6 heteroatoms. The van der Waals surface area contributed by atoms with E-state index < -0.39 is 5.60 Å². The molecule has 2 N–H and O–H groups in total. The van der Waals surface area contributed by atoms with Gasteiger partial charge in [0, 0.05) is 31.8 Å². The van der Waals surface area contributed by atoms with Gasteiger partial charge < -0.3 is 20.3 Å². The molecule has 1 aromatic rings. The number of amides is 2. The first-order valence-corrected chi connectivity index (χ1v) is 9.47. The van der Waals surface area contributed by atoms with Gasteiger partial charge in [-0.3, -0.25) is 9.59 Å². The largest absolute Gasteiger partial charge is 0.368 e. The van der Waals surface area contributed by atoms with E-state index in [1.54, 1.807) is 7.11 Å². The van der Waals surface area contributed by atoms with Crippen molar-refractivity contribution in [3.63, 3.8) is 0 Å². The van der Waals surface area contributed by atoms with E-state index in [4.69, 9.17) is 4.74 Å². The topological polar surface area (TPSA) is 70.7 Å². The third kappa shape index (κ3) is 3.91. The molecule has 2 amide bonds. The van der Waals surface area contributed by atoms with E-state index in [0.29, 0.717) is 25.9 Å². The molecule has 0 bridgehead atoms. The summed E-state index contributed by atoms with van der Waals surface area (Å²) in [5.74, 6) is 0.0739. The van der Waals surface area contributed by atoms with Crippen LogP contribution in [-0.4, -0.2) is 61.6 Å². The second kappa shape index (κ2) is 8.18. The lowest BCUT2D eigenvalue weighted by Gasteiger charge is -2.41. The van der Waals surface area contributed by atoms with Crippen LogP contribution in [0.1, 0.15) is 41.6 Å². The average Bonchev–Trinajstić information content (AvgIpc) is 2.69. The Kier molecular flexibility index (Phi) is 5.94. The first kappa shape index (κ1) is 18.9. The van der Waals surface area contributed by atoms with Gasteiger partial charge in [-0.15, -0.1) is 0 Å². The van der Waals surface area contributed by atoms with Crippen molar-refractivity contribution < 1.29 is 14.3 Å². The zero-order chi connectivity index (χ0) is 18.6. The number of carbonyl (C=O) groups is 2. The van der Waals surface area contributed by atoms with Gasteiger partial charge in [0.1, 0.15) is 5.60 Å². The normalized spacial score (nSPS) is 20.6. The Hall–Kier alpha value is -1.92. The molecule has 0 saturated carbocycles. The maximum absolute atomic E-state index is 13.0. The van der Waals surface area contributed by atoms with Crippen LogP contribution in [0.15, 0.2) is 24.3 Å². The number of likely N-dealkylation sites (tertiary alicyclic amines) is 1. The van der Waals surface area contributed by atoms with Crippen LogP contribution in [0.25, 0.3) is 0 Å². The van der Waals surface area contributed by atoms with Gasteiger partial charge in [-0.25, -0.2) is 0 Å². The van der Waals surface area contributed by atoms with Crippen molar-refractivity contribution in [2.24, 2.45) is 0 Å². The third-order valence-electron chi connectivity index (χ3n) is 5.70. The van der Waals surface area contributed by atoms with Crippen molar-refractivity contribution in [2.45, 2.75) is 44.2 Å². The minimum atomic E-state index is -0.678. The smallest absolute Gasteiger partial charge is 0.254 e. The molecule has 142 valence electrons. The van der Waals surface area contributed by atoms with Gasteiger partial charge in [0.15, 0.2) is 0 Å². The predicted octanol–water partition coefficient (Wildman–Crippen LogP) is 1.48. The van der Waals surface area contributed by atoms with Crippen LogP contribution in [-0.2, 0) is 9.53 Å². The lowest BCUT2D eigenvalue weighted by Crippen LogP contribution is -2.57. The summed E-state index contributed by atoms with van der Waals surface area (Å²) in [5.41, 5.74) is 1.02. The zero-order valence-corrected chi connectivity index (χ0v) is 15.7. The highest BCUT2D eigenvalue weighted by Gasteiger charge is 2.43. The average molecular weight is 359 g/mol. The van der Waals surface area contributed by atoms with Crippen LogP contribution in [0.4, 0.5) is 0 Å². The summed E-state index contributed by atoms with van der Waals surface area (Å²) in [6, 6.07) is 7.72. The van der Waals surface area contributed by atoms with Crippen LogP contribution in [0.3, 0.4) is 0 Å². The van der Waals surface area contributed by atoms with Crippen LogP contribution in [0, 0.1) is 6.92 Å². The second-order valence-electron chi connectivity index (χ2n) is 7.30. The fourth-order valence-corrected chi connectivity index (χ4v) is 3.94. The van der Waals surface area contributed by atoms with Crippen LogP contribution in [0.2, 0.25) is 0 Å². The Morgan fingerprint density at radius 2 is 1.85 bits per heavy atom. The monoisotopic (exact) mass is 359 g/mol. The Morgan fingerprint density at radius 1 is 1.19 bits per heavy atom. The molecule has 0 radical (unpaired) electrons. The number of rotatable bonds is 4. The molecule has 0 aromatic heterocycles. The molecule has 6 nitrogen and oxygen atoms in total. The van der Waals surface area contributed by atoms with Crippen molar-refractivity contribution >= 4 is 11.8 Å². The molecule has 3 rings (SSSR count). The lowest BCUT2D eigenvalue weighted by molar-refractivity contribution is -0.159. The zero-order valence-electron chi connectivity index (χ0n) is 15.7. The number of ether oxygens (including phenoxy) is 1. The molecular formula is C20H29N3O3. The van der Waals surface area contributed by atoms with Crippen molar-refractivity contribution in [2.75, 3.05) is 33.3 Å². The summed E-state index contributed by atoms with van der Waals surface area (Å²) in [7, 11) is 1.64. The molecule has 0 aliphatic carbocycles. The van der Waals surface area contributed by atoms with E-state index in [0.717, 1.165) is 37.1 Å². The summed E-state index contributed by atoms with van der Waals surface area (Å²) in [6.45, 7) is 4.89. The molecule has 2 heterocycles. The summed E-state index contributed by atoms with van der Waals surface area (Å²) in [4.78, 5) is 27.4. The highest BCUT2D eigenvalue weighted by molar-refractivity contribution is 5.95. The standard InChI is InChI=1S/C20H29N3O3/c1-15-5-3-4-6-17(15)18(24)22-16-7-13-23(14-8-16)19(25)20(26-2)9-11-21-12-10-20/h3-6,16,21H,7-14H2,1-2H3,(H,22,24). The quantitative estimate of drug-likeness (QED) is 0.854. The van der Waals surface area contributed by atoms with Gasteiger partial charge in [0.05, 0.1) is 0 Å². The number of aryl methyl sites for hydroxylation is 1. The molecular weight excluding hydrogens is 330 g/mol. The van der Waals surface area contributed by atoms with Crippen LogP contribution in [0.5, 0.6) is 0 Å². The SMILES string of the molecule is COC1(C(=O)N2CCC(NC(=O)c3ccccc3C)CC2)CCNCC1. The van der Waals surface area contributed by atoms with Gasteiger partial charge in [-0.2, -0.15) is 0 Å². The summed E-state index contributed by atoms with van der Waals surface area (Å²) in [5, 5.41) is 6.40. The number of benzene rings is 1. The summed E-state index contributed by atoms with van der Waals surface area (Å²) in [6.07, 6.45) is 2.99. The van der Waals surface area contributed by atoms with Gasteiger partial charge >= 0.3 is 0 Å². The van der Waals surface area contributed by atoms with Crippen molar-refractivity contribution in [1.29, 1.82) is 0 Å². The first-order chi connectivity index (χ1) is 12.6. The molecule has 0 atom stereocenters. The Bertz CT molecular complexity index is 647. The third-order valence-corrected chi connectivity index (χ3v) is 5.70. The fourth-order valence-electron chi connectivity index (χ4n) is 3.94. The number of nitrogens with one attached hydrogen (secondary N) is 2. The Labute approximate surface area is 155 Å². The summed E-state index contributed by atoms with van der Waals surface area (Å²) < 4.78 is 5.66. The van der Waals surface area contributed by atoms with E-state index in [9.17, 15) is 9.59 Å². The van der Waals surface area contributed by atoms with Crippen LogP contribution >= 0.6 is 0 Å². The minimum Gasteiger partial charge on any atom is -0.368 e. The van der Waals surface area contributed by atoms with Gasteiger partial charge in [-0.1, -0.05) is 18.2 Å². The fraction of sp³-hybridized carbons (Fsp3) is 0.600. The number of hydrogen-bond donors (Lipinski definition) is 2. The maximum Gasteiger partial charge on any atom is 0.254 e. The molecule has 2 saturated heterocycles. The maximum atomic E-state index is 13.0. The minimum absolute atomic E-state index is 0.0282. The highest BCUT2D eigenvalue weighted by atomic mass is 16.5. The van der Waals surface area contributed by atoms with E-state index in [1.807, 2.05) is 36.1 Å². The lowest BCUT2D eigenvalue weighted by atomic mass is 9.89. The molecule has 2 aliphatic rings. The number of carbonyl (C=O) groups excluding carboxylic acids is 2. The van der Waals surface area contributed by atoms with Gasteiger partial charge in [0.2, 0.25) is 0 Å². The van der Waals surface area contributed by atoms with E-state index in [1.165, 1.54) is 0 Å². The molecule has 2 fully saturated rings. The van der Waals surface area contributed by atoms with E-state index in [2.05, 4.69) is 10.6 Å². The number of methoxy groups -OCH3 is 1. The van der Waals surface area contributed by atoms with Crippen molar-refractivity contribution in [3.8, 4) is 0 Å². The molecule has 26 heavy (non-hydrogen) atoms. The van der Waals surface area contributed by atoms with Crippen molar-refractivity contribution in [1.82, 2.24) is 15.5 Å². The predicted molar refractivity (Wildman–Crippen MR) is 100 cm³/mol. The molecule has 0 spiro atoms. The highest BCUT2D eigenvalue weighted by Crippen LogP contribution is 2.27. The van der Waals surface area contributed by atoms with Crippen LogP contribution < -0.4 is 10.6 Å². The molecule has 0 unspecified atom stereocenters. The van der Waals surface area contributed by atoms with Gasteiger partial charge in [-0.05, 0) is 57.3 Å². The second-order valence-corrected chi connectivity index (χ2v) is 7.30. The number of nitrogens with zero attached hydrogens (tertiary/aromatic N) is 1. The van der Waals surface area contributed by atoms with E-state index in [-0.39, 0.29) is 17.9 Å². The Balaban J connectivity index is 1.55. The molecule has 2 aliphatic heterocycles. The first-order valence-electron chi connectivity index (χ1n) is 9.47. The Morgan fingerprint density at radius 3 is 2.46 bits per heavy atom. The number of hydrogen-bond acceptors (Lipinski definition) is 4. The van der Waals surface area contributed by atoms with Crippen molar-refractivity contribution in [3.05, 3.63) is 35.4 Å². The summed E-state index contributed by atoms with van der Waals surface area (Å²) >= 11 is 0. The number of piperidine rings is 2. The van der Waals surface area contributed by atoms with Gasteiger partial charge in [0.25, 0.3) is 11.8 Å². The molecule has 1 aromatic carbocycles. The van der Waals surface area contributed by atoms with E-state index >= 15 is 0 Å².